The molecule has 0 aliphatic heterocycles. The van der Waals surface area contributed by atoms with Gasteiger partial charge in [0.1, 0.15) is 0 Å². The Labute approximate surface area is 93.2 Å². The summed E-state index contributed by atoms with van der Waals surface area (Å²) >= 11 is 0. The summed E-state index contributed by atoms with van der Waals surface area (Å²) in [5.41, 5.74) is 7.21. The summed E-state index contributed by atoms with van der Waals surface area (Å²) in [6.45, 7) is 1.94. The number of aliphatic hydroxyl groups is 1. The maximum atomic E-state index is 11.7. The molecule has 0 atom stereocenters. The van der Waals surface area contributed by atoms with E-state index in [0.29, 0.717) is 24.9 Å². The molecular weight excluding hydrogens is 208 g/mol. The molecule has 1 aromatic rings. The van der Waals surface area contributed by atoms with Gasteiger partial charge in [-0.25, -0.2) is 0 Å². The molecule has 16 heavy (non-hydrogen) atoms. The summed E-state index contributed by atoms with van der Waals surface area (Å²) < 4.78 is 0. The van der Waals surface area contributed by atoms with E-state index in [1.165, 1.54) is 0 Å². The highest BCUT2D eigenvalue weighted by Crippen LogP contribution is 2.21. The average molecular weight is 224 g/mol. The van der Waals surface area contributed by atoms with Crippen LogP contribution in [0.1, 0.15) is 35.9 Å². The van der Waals surface area contributed by atoms with Crippen molar-refractivity contribution in [2.45, 2.75) is 38.3 Å². The average Bonchev–Trinajstić information content (AvgIpc) is 2.57. The molecule has 0 radical (unpaired) electrons. The van der Waals surface area contributed by atoms with Crippen LogP contribution in [0.3, 0.4) is 0 Å². The Balaban J connectivity index is 2.00. The first-order valence-electron chi connectivity index (χ1n) is 5.43. The SMILES string of the molecule is CCc1[nH]nc(C(=O)NC2CC(O)C2)c1N. The molecule has 0 saturated heterocycles. The Hall–Kier alpha value is -1.56. The molecule has 2 rings (SSSR count). The number of rotatable bonds is 3. The molecule has 6 nitrogen and oxygen atoms in total. The number of aromatic amines is 1. The fourth-order valence-corrected chi connectivity index (χ4v) is 1.79. The van der Waals surface area contributed by atoms with Crippen molar-refractivity contribution in [2.24, 2.45) is 0 Å². The molecule has 0 unspecified atom stereocenters. The van der Waals surface area contributed by atoms with Crippen LogP contribution < -0.4 is 11.1 Å². The van der Waals surface area contributed by atoms with Crippen molar-refractivity contribution in [3.8, 4) is 0 Å². The third kappa shape index (κ3) is 1.88. The van der Waals surface area contributed by atoms with Gasteiger partial charge in [0.25, 0.3) is 5.91 Å². The first-order chi connectivity index (χ1) is 7.61. The van der Waals surface area contributed by atoms with E-state index >= 15 is 0 Å². The van der Waals surface area contributed by atoms with Gasteiger partial charge in [-0.05, 0) is 19.3 Å². The standard InChI is InChI=1S/C10H16N4O2/c1-2-7-8(11)9(14-13-7)10(16)12-5-3-6(15)4-5/h5-6,15H,2-4,11H2,1H3,(H,12,16)(H,13,14). The molecule has 0 aromatic carbocycles. The minimum Gasteiger partial charge on any atom is -0.395 e. The van der Waals surface area contributed by atoms with Gasteiger partial charge >= 0.3 is 0 Å². The topological polar surface area (TPSA) is 104 Å². The third-order valence-corrected chi connectivity index (χ3v) is 2.90. The van der Waals surface area contributed by atoms with Gasteiger partial charge in [0, 0.05) is 6.04 Å². The maximum Gasteiger partial charge on any atom is 0.274 e. The summed E-state index contributed by atoms with van der Waals surface area (Å²) in [4.78, 5) is 11.7. The first-order valence-corrected chi connectivity index (χ1v) is 5.43. The molecule has 0 spiro atoms. The van der Waals surface area contributed by atoms with Crippen molar-refractivity contribution in [1.82, 2.24) is 15.5 Å². The zero-order valence-electron chi connectivity index (χ0n) is 9.16. The normalized spacial score (nSPS) is 23.9. The second kappa shape index (κ2) is 4.13. The molecule has 1 amide bonds. The number of aromatic nitrogens is 2. The first kappa shape index (κ1) is 10.9. The lowest BCUT2D eigenvalue weighted by Crippen LogP contribution is -2.46. The van der Waals surface area contributed by atoms with Crippen LogP contribution in [0.2, 0.25) is 0 Å². The van der Waals surface area contributed by atoms with Gasteiger partial charge in [-0.2, -0.15) is 5.10 Å². The second-order valence-electron chi connectivity index (χ2n) is 4.11. The summed E-state index contributed by atoms with van der Waals surface area (Å²) in [5, 5.41) is 18.5. The van der Waals surface area contributed by atoms with Crippen LogP contribution in [0, 0.1) is 0 Å². The summed E-state index contributed by atoms with van der Waals surface area (Å²) in [6.07, 6.45) is 1.65. The summed E-state index contributed by atoms with van der Waals surface area (Å²) in [7, 11) is 0. The Bertz CT molecular complexity index is 396. The largest absolute Gasteiger partial charge is 0.395 e. The van der Waals surface area contributed by atoms with E-state index in [4.69, 9.17) is 10.8 Å². The van der Waals surface area contributed by atoms with E-state index in [1.54, 1.807) is 0 Å². The van der Waals surface area contributed by atoms with Crippen LogP contribution in [0.25, 0.3) is 0 Å². The molecule has 88 valence electrons. The minimum absolute atomic E-state index is 0.0451. The summed E-state index contributed by atoms with van der Waals surface area (Å²) in [6, 6.07) is 0.0451. The van der Waals surface area contributed by atoms with Crippen molar-refractivity contribution >= 4 is 11.6 Å². The number of nitrogens with one attached hydrogen (secondary N) is 2. The van der Waals surface area contributed by atoms with E-state index in [0.717, 1.165) is 5.69 Å². The van der Waals surface area contributed by atoms with E-state index in [-0.39, 0.29) is 23.7 Å². The van der Waals surface area contributed by atoms with Gasteiger partial charge in [-0.3, -0.25) is 9.89 Å². The number of carbonyl (C=O) groups excluding carboxylic acids is 1. The van der Waals surface area contributed by atoms with E-state index in [2.05, 4.69) is 15.5 Å². The van der Waals surface area contributed by atoms with Crippen LogP contribution in [-0.4, -0.2) is 33.4 Å². The number of aryl methyl sites for hydroxylation is 1. The number of nitrogens with two attached hydrogens (primary N) is 1. The fraction of sp³-hybridized carbons (Fsp3) is 0.600. The molecular formula is C10H16N4O2. The number of hydrogen-bond donors (Lipinski definition) is 4. The number of aliphatic hydroxyl groups excluding tert-OH is 1. The molecule has 1 heterocycles. The lowest BCUT2D eigenvalue weighted by atomic mass is 9.89. The maximum absolute atomic E-state index is 11.7. The zero-order chi connectivity index (χ0) is 11.7. The predicted octanol–water partition coefficient (Wildman–Crippen LogP) is -0.193. The van der Waals surface area contributed by atoms with Gasteiger partial charge < -0.3 is 16.2 Å². The van der Waals surface area contributed by atoms with Gasteiger partial charge in [0.05, 0.1) is 17.5 Å². The monoisotopic (exact) mass is 224 g/mol. The van der Waals surface area contributed by atoms with E-state index in [9.17, 15) is 4.79 Å². The van der Waals surface area contributed by atoms with E-state index in [1.807, 2.05) is 6.92 Å². The third-order valence-electron chi connectivity index (χ3n) is 2.90. The van der Waals surface area contributed by atoms with Gasteiger partial charge in [-0.15, -0.1) is 0 Å². The van der Waals surface area contributed by atoms with Crippen molar-refractivity contribution in [3.63, 3.8) is 0 Å². The Morgan fingerprint density at radius 3 is 2.88 bits per heavy atom. The lowest BCUT2D eigenvalue weighted by molar-refractivity contribution is 0.0561. The number of hydrogen-bond acceptors (Lipinski definition) is 4. The Morgan fingerprint density at radius 2 is 2.38 bits per heavy atom. The number of nitrogens with zero attached hydrogens (tertiary/aromatic N) is 1. The number of amides is 1. The molecule has 1 saturated carbocycles. The molecule has 5 N–H and O–H groups in total. The quantitative estimate of drug-likeness (QED) is 0.571. The van der Waals surface area contributed by atoms with Crippen LogP contribution in [0.4, 0.5) is 5.69 Å². The lowest BCUT2D eigenvalue weighted by Gasteiger charge is -2.31. The zero-order valence-corrected chi connectivity index (χ0v) is 9.16. The van der Waals surface area contributed by atoms with Crippen molar-refractivity contribution in [2.75, 3.05) is 5.73 Å². The highest BCUT2D eigenvalue weighted by atomic mass is 16.3. The van der Waals surface area contributed by atoms with E-state index < -0.39 is 0 Å². The smallest absolute Gasteiger partial charge is 0.274 e. The van der Waals surface area contributed by atoms with Crippen LogP contribution in [-0.2, 0) is 6.42 Å². The number of nitrogen functional groups attached to an aromatic ring is 1. The minimum atomic E-state index is -0.284. The van der Waals surface area contributed by atoms with Crippen LogP contribution in [0.5, 0.6) is 0 Å². The molecule has 1 aromatic heterocycles. The molecule has 1 aliphatic rings. The van der Waals surface area contributed by atoms with Crippen molar-refractivity contribution in [1.29, 1.82) is 0 Å². The second-order valence-corrected chi connectivity index (χ2v) is 4.11. The molecule has 1 fully saturated rings. The molecule has 1 aliphatic carbocycles. The number of carbonyl (C=O) groups is 1. The molecule has 6 heteroatoms. The van der Waals surface area contributed by atoms with Gasteiger partial charge in [0.15, 0.2) is 5.69 Å². The fourth-order valence-electron chi connectivity index (χ4n) is 1.79. The van der Waals surface area contributed by atoms with Crippen molar-refractivity contribution < 1.29 is 9.90 Å². The predicted molar refractivity (Wildman–Crippen MR) is 58.9 cm³/mol. The van der Waals surface area contributed by atoms with Crippen molar-refractivity contribution in [3.05, 3.63) is 11.4 Å². The molecule has 0 bridgehead atoms. The number of H-pyrrole nitrogens is 1. The Kier molecular flexibility index (Phi) is 2.82. The van der Waals surface area contributed by atoms with Crippen LogP contribution >= 0.6 is 0 Å². The van der Waals surface area contributed by atoms with Crippen LogP contribution in [0.15, 0.2) is 0 Å². The Morgan fingerprint density at radius 1 is 1.69 bits per heavy atom. The summed E-state index contributed by atoms with van der Waals surface area (Å²) in [5.74, 6) is -0.273. The number of anilines is 1. The highest BCUT2D eigenvalue weighted by molar-refractivity contribution is 5.97. The highest BCUT2D eigenvalue weighted by Gasteiger charge is 2.29. The van der Waals surface area contributed by atoms with Gasteiger partial charge in [-0.1, -0.05) is 6.92 Å². The van der Waals surface area contributed by atoms with Gasteiger partial charge in [0.2, 0.25) is 0 Å².